The number of allylic oxidation sites excluding steroid dienone is 2. The molecule has 0 amide bonds. The molecule has 0 bridgehead atoms. The van der Waals surface area contributed by atoms with Crippen molar-refractivity contribution in [3.63, 3.8) is 0 Å². The Kier molecular flexibility index (Phi) is 2.89. The highest BCUT2D eigenvalue weighted by Gasteiger charge is 2.33. The highest BCUT2D eigenvalue weighted by molar-refractivity contribution is 5.90. The third kappa shape index (κ3) is 1.79. The van der Waals surface area contributed by atoms with Crippen LogP contribution in [0.3, 0.4) is 0 Å². The number of aldehydes is 1. The maximum atomic E-state index is 11.5. The molecule has 0 fully saturated rings. The summed E-state index contributed by atoms with van der Waals surface area (Å²) in [6.07, 6.45) is 4.35. The zero-order chi connectivity index (χ0) is 14.9. The van der Waals surface area contributed by atoms with Crippen LogP contribution in [0.5, 0.6) is 0 Å². The third-order valence-electron chi connectivity index (χ3n) is 4.00. The van der Waals surface area contributed by atoms with Crippen LogP contribution in [0.15, 0.2) is 69.7 Å². The van der Waals surface area contributed by atoms with Crippen molar-refractivity contribution < 1.29 is 4.79 Å². The van der Waals surface area contributed by atoms with Crippen LogP contribution in [0.1, 0.15) is 27.4 Å². The van der Waals surface area contributed by atoms with Crippen LogP contribution in [0.4, 0.5) is 0 Å². The summed E-state index contributed by atoms with van der Waals surface area (Å²) in [5, 5.41) is 11.9. The van der Waals surface area contributed by atoms with Crippen molar-refractivity contribution in [1.82, 2.24) is 5.53 Å². The molecule has 1 aliphatic heterocycles. The molecule has 1 heterocycles. The number of carbonyl (C=O) groups is 1. The van der Waals surface area contributed by atoms with Crippen LogP contribution >= 0.6 is 0 Å². The quantitative estimate of drug-likeness (QED) is 0.860. The van der Waals surface area contributed by atoms with Gasteiger partial charge in [0.25, 0.3) is 0 Å². The number of hydrogen-bond acceptors (Lipinski definition) is 5. The number of benzene rings is 2. The lowest BCUT2D eigenvalue weighted by molar-refractivity contribution is 0.112. The highest BCUT2D eigenvalue weighted by Crippen LogP contribution is 2.49. The van der Waals surface area contributed by atoms with Crippen LogP contribution < -0.4 is 5.53 Å². The summed E-state index contributed by atoms with van der Waals surface area (Å²) in [7, 11) is 0. The minimum atomic E-state index is -0.109. The number of fused-ring (bicyclic) bond motifs is 3. The van der Waals surface area contributed by atoms with E-state index in [9.17, 15) is 4.79 Å². The fourth-order valence-electron chi connectivity index (χ4n) is 3.14. The number of hydrogen-bond donors (Lipinski definition) is 1. The zero-order valence-electron chi connectivity index (χ0n) is 11.6. The monoisotopic (exact) mass is 288 g/mol. The van der Waals surface area contributed by atoms with Gasteiger partial charge in [0.15, 0.2) is 0 Å². The van der Waals surface area contributed by atoms with Crippen LogP contribution in [0.25, 0.3) is 11.1 Å². The molecule has 0 saturated heterocycles. The van der Waals surface area contributed by atoms with Crippen molar-refractivity contribution in [3.8, 4) is 11.1 Å². The molecule has 5 nitrogen and oxygen atoms in total. The molecule has 2 aliphatic rings. The zero-order valence-corrected chi connectivity index (χ0v) is 11.6. The Morgan fingerprint density at radius 2 is 1.91 bits per heavy atom. The van der Waals surface area contributed by atoms with Gasteiger partial charge in [-0.25, -0.2) is 0 Å². The van der Waals surface area contributed by atoms with E-state index in [1.807, 2.05) is 36.4 Å². The van der Waals surface area contributed by atoms with Crippen LogP contribution in [0, 0.1) is 0 Å². The van der Waals surface area contributed by atoms with Gasteiger partial charge < -0.3 is 0 Å². The minimum absolute atomic E-state index is 0.109. The first kappa shape index (κ1) is 12.6. The SMILES string of the molecule is O=Cc1cccc2c1C(C1=CC=NNN=N1)c1ccccc1-2. The average Bonchev–Trinajstić information content (AvgIpc) is 2.73. The maximum absolute atomic E-state index is 11.5. The first-order valence-corrected chi connectivity index (χ1v) is 6.96. The molecule has 2 aromatic rings. The molecule has 0 spiro atoms. The number of carbonyl (C=O) groups excluding carboxylic acids is 1. The molecule has 1 atom stereocenters. The minimum Gasteiger partial charge on any atom is -0.298 e. The Bertz CT molecular complexity index is 851. The Morgan fingerprint density at radius 3 is 2.82 bits per heavy atom. The van der Waals surface area contributed by atoms with E-state index < -0.39 is 0 Å². The normalized spacial score (nSPS) is 18.0. The molecule has 106 valence electrons. The van der Waals surface area contributed by atoms with E-state index in [1.54, 1.807) is 6.21 Å². The van der Waals surface area contributed by atoms with Crippen LogP contribution in [-0.2, 0) is 0 Å². The molecule has 1 N–H and O–H groups in total. The van der Waals surface area contributed by atoms with Crippen molar-refractivity contribution in [2.45, 2.75) is 5.92 Å². The first-order valence-electron chi connectivity index (χ1n) is 6.96. The van der Waals surface area contributed by atoms with Gasteiger partial charge in [-0.2, -0.15) is 10.6 Å². The molecule has 2 aromatic carbocycles. The summed E-state index contributed by atoms with van der Waals surface area (Å²) in [5.74, 6) is -0.109. The topological polar surface area (TPSA) is 66.2 Å². The summed E-state index contributed by atoms with van der Waals surface area (Å²) in [6.45, 7) is 0. The van der Waals surface area contributed by atoms with E-state index in [2.05, 4.69) is 33.1 Å². The second kappa shape index (κ2) is 5.04. The first-order chi connectivity index (χ1) is 10.9. The fourth-order valence-corrected chi connectivity index (χ4v) is 3.14. The number of nitrogens with zero attached hydrogens (tertiary/aromatic N) is 3. The second-order valence-corrected chi connectivity index (χ2v) is 5.12. The molecule has 1 unspecified atom stereocenters. The number of rotatable bonds is 2. The molecule has 1 aliphatic carbocycles. The summed E-state index contributed by atoms with van der Waals surface area (Å²) < 4.78 is 0. The maximum Gasteiger partial charge on any atom is 0.150 e. The lowest BCUT2D eigenvalue weighted by Gasteiger charge is -2.14. The average molecular weight is 288 g/mol. The van der Waals surface area contributed by atoms with Gasteiger partial charge in [0.2, 0.25) is 0 Å². The van der Waals surface area contributed by atoms with Crippen LogP contribution in [0.2, 0.25) is 0 Å². The third-order valence-corrected chi connectivity index (χ3v) is 4.00. The summed E-state index contributed by atoms with van der Waals surface area (Å²) in [4.78, 5) is 11.5. The van der Waals surface area contributed by atoms with E-state index in [0.717, 1.165) is 34.2 Å². The summed E-state index contributed by atoms with van der Waals surface area (Å²) in [6, 6.07) is 13.9. The van der Waals surface area contributed by atoms with Gasteiger partial charge in [-0.15, -0.1) is 5.11 Å². The van der Waals surface area contributed by atoms with Gasteiger partial charge in [-0.1, -0.05) is 47.7 Å². The van der Waals surface area contributed by atoms with Crippen molar-refractivity contribution in [3.05, 3.63) is 70.9 Å². The molecule has 0 aromatic heterocycles. The summed E-state index contributed by atoms with van der Waals surface area (Å²) >= 11 is 0. The standard InChI is InChI=1S/C17H12N4O/c22-10-11-4-3-7-13-12-5-1-2-6-14(12)17(16(11)13)15-8-9-18-20-21-19-15/h1-10,17H,(H,19,20). The van der Waals surface area contributed by atoms with Crippen molar-refractivity contribution in [1.29, 1.82) is 0 Å². The molecule has 5 heteroatoms. The predicted molar refractivity (Wildman–Crippen MR) is 83.7 cm³/mol. The lowest BCUT2D eigenvalue weighted by Crippen LogP contribution is -2.03. The highest BCUT2D eigenvalue weighted by atomic mass is 16.1. The molecule has 4 rings (SSSR count). The Labute approximate surface area is 127 Å². The Hall–Kier alpha value is -3.08. The van der Waals surface area contributed by atoms with Crippen LogP contribution in [-0.4, -0.2) is 12.5 Å². The molecule has 0 radical (unpaired) electrons. The van der Waals surface area contributed by atoms with Gasteiger partial charge in [-0.3, -0.25) is 4.79 Å². The Balaban J connectivity index is 2.01. The molecule has 22 heavy (non-hydrogen) atoms. The number of nitrogens with one attached hydrogen (secondary N) is 1. The van der Waals surface area contributed by atoms with Crippen molar-refractivity contribution in [2.24, 2.45) is 15.4 Å². The lowest BCUT2D eigenvalue weighted by atomic mass is 9.90. The van der Waals surface area contributed by atoms with Gasteiger partial charge in [0, 0.05) is 5.56 Å². The second-order valence-electron chi connectivity index (χ2n) is 5.12. The van der Waals surface area contributed by atoms with E-state index in [-0.39, 0.29) is 5.92 Å². The molecule has 0 saturated carbocycles. The predicted octanol–water partition coefficient (Wildman–Crippen LogP) is 3.45. The van der Waals surface area contributed by atoms with E-state index in [4.69, 9.17) is 0 Å². The molecular weight excluding hydrogens is 276 g/mol. The smallest absolute Gasteiger partial charge is 0.150 e. The number of hydrazone groups is 1. The fraction of sp³-hybridized carbons (Fsp3) is 0.0588. The van der Waals surface area contributed by atoms with Gasteiger partial charge in [-0.05, 0) is 28.3 Å². The van der Waals surface area contributed by atoms with Crippen molar-refractivity contribution >= 4 is 12.5 Å². The van der Waals surface area contributed by atoms with Crippen molar-refractivity contribution in [2.75, 3.05) is 0 Å². The summed E-state index contributed by atoms with van der Waals surface area (Å²) in [5.41, 5.74) is 8.26. The van der Waals surface area contributed by atoms with Gasteiger partial charge in [0.05, 0.1) is 17.8 Å². The van der Waals surface area contributed by atoms with Gasteiger partial charge in [0.1, 0.15) is 6.29 Å². The van der Waals surface area contributed by atoms with E-state index in [0.29, 0.717) is 5.56 Å². The van der Waals surface area contributed by atoms with E-state index >= 15 is 0 Å². The molecular formula is C17H12N4O. The Morgan fingerprint density at radius 1 is 1.05 bits per heavy atom. The van der Waals surface area contributed by atoms with E-state index in [1.165, 1.54) is 0 Å². The largest absolute Gasteiger partial charge is 0.298 e. The van der Waals surface area contributed by atoms with Gasteiger partial charge >= 0.3 is 0 Å².